The summed E-state index contributed by atoms with van der Waals surface area (Å²) in [6, 6.07) is 1.52. The van der Waals surface area contributed by atoms with Crippen LogP contribution in [0.25, 0.3) is 0 Å². The summed E-state index contributed by atoms with van der Waals surface area (Å²) in [7, 11) is 1.47. The van der Waals surface area contributed by atoms with E-state index in [9.17, 15) is 9.59 Å². The Morgan fingerprint density at radius 1 is 1.61 bits per heavy atom. The van der Waals surface area contributed by atoms with Crippen LogP contribution in [0.4, 0.5) is 0 Å². The summed E-state index contributed by atoms with van der Waals surface area (Å²) in [4.78, 5) is 23.0. The number of hydrogen-bond donors (Lipinski definition) is 2. The molecule has 7 heteroatoms. The van der Waals surface area contributed by atoms with Gasteiger partial charge in [0.2, 0.25) is 5.88 Å². The molecule has 100 valence electrons. The highest BCUT2D eigenvalue weighted by Gasteiger charge is 2.18. The fourth-order valence-corrected chi connectivity index (χ4v) is 2.05. The molecular weight excluding hydrogens is 256 g/mol. The Morgan fingerprint density at radius 3 is 2.83 bits per heavy atom. The van der Waals surface area contributed by atoms with Crippen LogP contribution in [0, 0.1) is 5.92 Å². The minimum Gasteiger partial charge on any atom is -0.481 e. The molecule has 1 aromatic heterocycles. The van der Waals surface area contributed by atoms with Crippen LogP contribution in [0.2, 0.25) is 0 Å². The van der Waals surface area contributed by atoms with Crippen molar-refractivity contribution in [3.63, 3.8) is 0 Å². The van der Waals surface area contributed by atoms with Gasteiger partial charge in [-0.3, -0.25) is 9.59 Å². The predicted octanol–water partition coefficient (Wildman–Crippen LogP) is 1.38. The van der Waals surface area contributed by atoms with Crippen LogP contribution in [0.3, 0.4) is 0 Å². The molecule has 1 aromatic rings. The molecular formula is C11H16N2O4S. The molecule has 0 fully saturated rings. The average Bonchev–Trinajstić information content (AvgIpc) is 2.82. The summed E-state index contributed by atoms with van der Waals surface area (Å²) in [5.74, 6) is -1.38. The maximum absolute atomic E-state index is 11.7. The van der Waals surface area contributed by atoms with Gasteiger partial charge in [-0.05, 0) is 18.0 Å². The molecule has 0 radical (unpaired) electrons. The number of carbonyl (C=O) groups is 2. The number of aromatic nitrogens is 1. The first-order valence-electron chi connectivity index (χ1n) is 5.60. The summed E-state index contributed by atoms with van der Waals surface area (Å²) >= 11 is 1.02. The van der Waals surface area contributed by atoms with Gasteiger partial charge in [0, 0.05) is 12.6 Å². The summed E-state index contributed by atoms with van der Waals surface area (Å²) < 4.78 is 8.77. The van der Waals surface area contributed by atoms with Gasteiger partial charge in [-0.1, -0.05) is 13.3 Å². The molecule has 0 aliphatic rings. The molecule has 2 N–H and O–H groups in total. The Bertz CT molecular complexity index is 419. The standard InChI is InChI=1S/C11H16N2O4S/c1-3-4-7(11(15)16)6-12-10(14)8-5-9(17-2)13-18-8/h5,7H,3-4,6H2,1-2H3,(H,12,14)(H,15,16). The molecule has 1 heterocycles. The molecule has 0 saturated heterocycles. The van der Waals surface area contributed by atoms with E-state index >= 15 is 0 Å². The monoisotopic (exact) mass is 272 g/mol. The average molecular weight is 272 g/mol. The van der Waals surface area contributed by atoms with E-state index in [4.69, 9.17) is 9.84 Å². The van der Waals surface area contributed by atoms with E-state index in [0.717, 1.165) is 18.0 Å². The van der Waals surface area contributed by atoms with E-state index in [-0.39, 0.29) is 12.5 Å². The smallest absolute Gasteiger partial charge is 0.308 e. The molecule has 0 bridgehead atoms. The van der Waals surface area contributed by atoms with Crippen molar-refractivity contribution in [2.75, 3.05) is 13.7 Å². The maximum Gasteiger partial charge on any atom is 0.308 e. The lowest BCUT2D eigenvalue weighted by atomic mass is 10.0. The second-order valence-corrected chi connectivity index (χ2v) is 4.57. The Kier molecular flexibility index (Phi) is 5.57. The zero-order valence-corrected chi connectivity index (χ0v) is 11.1. The van der Waals surface area contributed by atoms with E-state index in [0.29, 0.717) is 17.2 Å². The van der Waals surface area contributed by atoms with Crippen LogP contribution in [0.15, 0.2) is 6.07 Å². The van der Waals surface area contributed by atoms with Gasteiger partial charge in [0.1, 0.15) is 4.88 Å². The third kappa shape index (κ3) is 3.99. The number of ether oxygens (including phenoxy) is 1. The summed E-state index contributed by atoms with van der Waals surface area (Å²) in [5.41, 5.74) is 0. The van der Waals surface area contributed by atoms with Crippen molar-refractivity contribution in [3.05, 3.63) is 10.9 Å². The van der Waals surface area contributed by atoms with Gasteiger partial charge in [-0.15, -0.1) is 0 Å². The first-order valence-corrected chi connectivity index (χ1v) is 6.37. The number of rotatable bonds is 7. The molecule has 18 heavy (non-hydrogen) atoms. The van der Waals surface area contributed by atoms with Crippen LogP contribution in [-0.4, -0.2) is 35.0 Å². The largest absolute Gasteiger partial charge is 0.481 e. The normalized spacial score (nSPS) is 11.9. The van der Waals surface area contributed by atoms with Crippen LogP contribution in [0.1, 0.15) is 29.4 Å². The highest BCUT2D eigenvalue weighted by molar-refractivity contribution is 7.08. The predicted molar refractivity (Wildman–Crippen MR) is 67.0 cm³/mol. The SMILES string of the molecule is CCCC(CNC(=O)c1cc(OC)ns1)C(=O)O. The number of carbonyl (C=O) groups excluding carboxylic acids is 1. The maximum atomic E-state index is 11.7. The van der Waals surface area contributed by atoms with Crippen molar-refractivity contribution in [2.24, 2.45) is 5.92 Å². The molecule has 0 saturated carbocycles. The van der Waals surface area contributed by atoms with E-state index in [1.54, 1.807) is 0 Å². The minimum atomic E-state index is -0.890. The summed E-state index contributed by atoms with van der Waals surface area (Å²) in [6.45, 7) is 2.04. The molecule has 0 aliphatic carbocycles. The third-order valence-electron chi connectivity index (χ3n) is 2.42. The zero-order valence-electron chi connectivity index (χ0n) is 10.3. The first-order chi connectivity index (χ1) is 8.58. The molecule has 0 aliphatic heterocycles. The number of carboxylic acid groups (broad SMARTS) is 1. The van der Waals surface area contributed by atoms with Crippen LogP contribution in [0.5, 0.6) is 5.88 Å². The molecule has 1 unspecified atom stereocenters. The lowest BCUT2D eigenvalue weighted by molar-refractivity contribution is -0.141. The number of hydrogen-bond acceptors (Lipinski definition) is 5. The Hall–Kier alpha value is -1.63. The second kappa shape index (κ2) is 6.95. The first kappa shape index (κ1) is 14.4. The Labute approximate surface area is 109 Å². The molecule has 0 aromatic carbocycles. The molecule has 1 amide bonds. The lowest BCUT2D eigenvalue weighted by Gasteiger charge is -2.11. The Balaban J connectivity index is 2.51. The van der Waals surface area contributed by atoms with Gasteiger partial charge in [-0.25, -0.2) is 0 Å². The zero-order chi connectivity index (χ0) is 13.5. The van der Waals surface area contributed by atoms with E-state index < -0.39 is 11.9 Å². The van der Waals surface area contributed by atoms with Gasteiger partial charge < -0.3 is 15.2 Å². The number of amides is 1. The van der Waals surface area contributed by atoms with Crippen LogP contribution < -0.4 is 10.1 Å². The van der Waals surface area contributed by atoms with E-state index in [1.807, 2.05) is 6.92 Å². The lowest BCUT2D eigenvalue weighted by Crippen LogP contribution is -2.32. The van der Waals surface area contributed by atoms with Crippen LogP contribution >= 0.6 is 11.5 Å². The van der Waals surface area contributed by atoms with Gasteiger partial charge in [0.25, 0.3) is 5.91 Å². The van der Waals surface area contributed by atoms with E-state index in [1.165, 1.54) is 13.2 Å². The molecule has 1 rings (SSSR count). The second-order valence-electron chi connectivity index (χ2n) is 3.77. The number of nitrogens with zero attached hydrogens (tertiary/aromatic N) is 1. The minimum absolute atomic E-state index is 0.127. The van der Waals surface area contributed by atoms with Gasteiger partial charge >= 0.3 is 5.97 Å². The van der Waals surface area contributed by atoms with Crippen molar-refractivity contribution < 1.29 is 19.4 Å². The fraction of sp³-hybridized carbons (Fsp3) is 0.545. The molecule has 6 nitrogen and oxygen atoms in total. The number of methoxy groups -OCH3 is 1. The van der Waals surface area contributed by atoms with Gasteiger partial charge in [0.05, 0.1) is 13.0 Å². The highest BCUT2D eigenvalue weighted by Crippen LogP contribution is 2.16. The van der Waals surface area contributed by atoms with Crippen molar-refractivity contribution in [1.82, 2.24) is 9.69 Å². The topological polar surface area (TPSA) is 88.5 Å². The number of nitrogens with one attached hydrogen (secondary N) is 1. The summed E-state index contributed by atoms with van der Waals surface area (Å²) in [6.07, 6.45) is 1.31. The van der Waals surface area contributed by atoms with Crippen molar-refractivity contribution in [1.29, 1.82) is 0 Å². The highest BCUT2D eigenvalue weighted by atomic mass is 32.1. The van der Waals surface area contributed by atoms with Crippen molar-refractivity contribution >= 4 is 23.4 Å². The fourth-order valence-electron chi connectivity index (χ4n) is 1.43. The third-order valence-corrected chi connectivity index (χ3v) is 3.19. The van der Waals surface area contributed by atoms with E-state index in [2.05, 4.69) is 9.69 Å². The quantitative estimate of drug-likeness (QED) is 0.783. The number of carboxylic acids is 1. The number of aliphatic carboxylic acids is 1. The summed E-state index contributed by atoms with van der Waals surface area (Å²) in [5, 5.41) is 11.5. The van der Waals surface area contributed by atoms with Crippen LogP contribution in [-0.2, 0) is 4.79 Å². The molecule has 1 atom stereocenters. The van der Waals surface area contributed by atoms with Gasteiger partial charge in [-0.2, -0.15) is 4.37 Å². The molecule has 0 spiro atoms. The van der Waals surface area contributed by atoms with Crippen molar-refractivity contribution in [3.8, 4) is 5.88 Å². The van der Waals surface area contributed by atoms with Gasteiger partial charge in [0.15, 0.2) is 0 Å². The van der Waals surface area contributed by atoms with Crippen molar-refractivity contribution in [2.45, 2.75) is 19.8 Å². The Morgan fingerprint density at radius 2 is 2.33 bits per heavy atom.